The van der Waals surface area contributed by atoms with Crippen LogP contribution in [0.2, 0.25) is 0 Å². The third-order valence-electron chi connectivity index (χ3n) is 3.57. The number of hydrogen-bond acceptors (Lipinski definition) is 5. The number of hydrogen-bond donors (Lipinski definition) is 2. The Labute approximate surface area is 145 Å². The number of carbonyl (C=O) groups excluding carboxylic acids is 2. The Hall–Kier alpha value is -3.03. The third-order valence-corrected chi connectivity index (χ3v) is 3.57. The number of nitrogens with zero attached hydrogens (tertiary/aromatic N) is 3. The van der Waals surface area contributed by atoms with Crippen LogP contribution in [0.5, 0.6) is 0 Å². The molecule has 0 aliphatic rings. The molecular formula is C17H21N5O3. The lowest BCUT2D eigenvalue weighted by molar-refractivity contribution is -0.121. The molecule has 2 aromatic heterocycles. The zero-order valence-electron chi connectivity index (χ0n) is 14.3. The molecule has 0 spiro atoms. The summed E-state index contributed by atoms with van der Waals surface area (Å²) in [5.74, 6) is -0.433. The van der Waals surface area contributed by atoms with E-state index in [1.807, 2.05) is 6.92 Å². The first kappa shape index (κ1) is 18.3. The first-order chi connectivity index (χ1) is 12.0. The highest BCUT2D eigenvalue weighted by atomic mass is 16.2. The Balaban J connectivity index is 1.71. The predicted molar refractivity (Wildman–Crippen MR) is 92.2 cm³/mol. The van der Waals surface area contributed by atoms with E-state index >= 15 is 0 Å². The van der Waals surface area contributed by atoms with Crippen molar-refractivity contribution in [2.24, 2.45) is 0 Å². The minimum absolute atomic E-state index is 0.169. The lowest BCUT2D eigenvalue weighted by Crippen LogP contribution is -2.35. The van der Waals surface area contributed by atoms with Gasteiger partial charge in [-0.3, -0.25) is 19.1 Å². The van der Waals surface area contributed by atoms with Crippen molar-refractivity contribution in [3.63, 3.8) is 0 Å². The van der Waals surface area contributed by atoms with Crippen molar-refractivity contribution < 1.29 is 9.59 Å². The zero-order chi connectivity index (χ0) is 18.2. The monoisotopic (exact) mass is 343 g/mol. The van der Waals surface area contributed by atoms with Crippen molar-refractivity contribution in [3.05, 3.63) is 58.0 Å². The molecule has 2 aromatic rings. The summed E-state index contributed by atoms with van der Waals surface area (Å²) in [6.07, 6.45) is 3.24. The number of rotatable bonds is 7. The summed E-state index contributed by atoms with van der Waals surface area (Å²) in [4.78, 5) is 43.2. The minimum Gasteiger partial charge on any atom is -0.354 e. The molecule has 2 rings (SSSR count). The number of nitrogens with one attached hydrogen (secondary N) is 2. The first-order valence-electron chi connectivity index (χ1n) is 7.97. The number of amides is 2. The molecule has 0 aromatic carbocycles. The number of aryl methyl sites for hydroxylation is 2. The van der Waals surface area contributed by atoms with Crippen LogP contribution in [0.3, 0.4) is 0 Å². The molecule has 2 heterocycles. The quantitative estimate of drug-likeness (QED) is 0.698. The van der Waals surface area contributed by atoms with E-state index in [0.29, 0.717) is 24.3 Å². The van der Waals surface area contributed by atoms with Gasteiger partial charge in [0.25, 0.3) is 5.91 Å². The molecule has 0 saturated heterocycles. The van der Waals surface area contributed by atoms with Gasteiger partial charge < -0.3 is 10.6 Å². The topological polar surface area (TPSA) is 106 Å². The van der Waals surface area contributed by atoms with E-state index in [0.717, 1.165) is 5.69 Å². The van der Waals surface area contributed by atoms with Crippen LogP contribution in [0.4, 0.5) is 0 Å². The molecule has 0 bridgehead atoms. The maximum Gasteiger partial charge on any atom is 0.347 e. The van der Waals surface area contributed by atoms with Gasteiger partial charge in [0.2, 0.25) is 5.91 Å². The maximum atomic E-state index is 11.9. The van der Waals surface area contributed by atoms with Crippen LogP contribution in [-0.4, -0.2) is 39.4 Å². The van der Waals surface area contributed by atoms with E-state index in [2.05, 4.69) is 20.6 Å². The van der Waals surface area contributed by atoms with Crippen LogP contribution in [0, 0.1) is 13.8 Å². The van der Waals surface area contributed by atoms with Crippen LogP contribution in [0.15, 0.2) is 35.4 Å². The minimum atomic E-state index is -0.353. The van der Waals surface area contributed by atoms with Crippen LogP contribution in [0.25, 0.3) is 0 Å². The molecule has 0 saturated carbocycles. The van der Waals surface area contributed by atoms with Gasteiger partial charge in [-0.15, -0.1) is 0 Å². The van der Waals surface area contributed by atoms with E-state index in [4.69, 9.17) is 0 Å². The highest BCUT2D eigenvalue weighted by molar-refractivity contribution is 5.93. The van der Waals surface area contributed by atoms with Gasteiger partial charge in [-0.05, 0) is 32.0 Å². The normalized spacial score (nSPS) is 10.3. The first-order valence-corrected chi connectivity index (χ1v) is 7.97. The predicted octanol–water partition coefficient (Wildman–Crippen LogP) is 0.191. The van der Waals surface area contributed by atoms with Crippen LogP contribution >= 0.6 is 0 Å². The van der Waals surface area contributed by atoms with E-state index in [1.165, 1.54) is 10.8 Å². The fourth-order valence-corrected chi connectivity index (χ4v) is 2.33. The molecule has 0 aliphatic heterocycles. The Morgan fingerprint density at radius 1 is 1.20 bits per heavy atom. The van der Waals surface area contributed by atoms with Crippen molar-refractivity contribution in [1.29, 1.82) is 0 Å². The lowest BCUT2D eigenvalue weighted by atomic mass is 10.3. The van der Waals surface area contributed by atoms with Crippen molar-refractivity contribution in [2.75, 3.05) is 13.1 Å². The molecular weight excluding hydrogens is 322 g/mol. The number of aromatic nitrogens is 3. The molecule has 2 amide bonds. The number of carbonyl (C=O) groups is 2. The summed E-state index contributed by atoms with van der Waals surface area (Å²) in [7, 11) is 0. The maximum absolute atomic E-state index is 11.9. The van der Waals surface area contributed by atoms with Gasteiger partial charge in [-0.25, -0.2) is 4.79 Å². The van der Waals surface area contributed by atoms with Gasteiger partial charge in [0.15, 0.2) is 0 Å². The van der Waals surface area contributed by atoms with Gasteiger partial charge in [0.05, 0.1) is 5.56 Å². The van der Waals surface area contributed by atoms with E-state index < -0.39 is 0 Å². The fourth-order valence-electron chi connectivity index (χ4n) is 2.33. The molecule has 0 unspecified atom stereocenters. The molecule has 0 aliphatic carbocycles. The van der Waals surface area contributed by atoms with E-state index in [9.17, 15) is 14.4 Å². The lowest BCUT2D eigenvalue weighted by Gasteiger charge is -2.10. The molecule has 0 atom stereocenters. The Morgan fingerprint density at radius 2 is 1.96 bits per heavy atom. The van der Waals surface area contributed by atoms with Crippen LogP contribution in [0.1, 0.15) is 28.2 Å². The van der Waals surface area contributed by atoms with Crippen molar-refractivity contribution in [2.45, 2.75) is 26.8 Å². The summed E-state index contributed by atoms with van der Waals surface area (Å²) < 4.78 is 1.47. The average molecular weight is 343 g/mol. The van der Waals surface area contributed by atoms with E-state index in [1.54, 1.807) is 31.3 Å². The van der Waals surface area contributed by atoms with Crippen molar-refractivity contribution in [1.82, 2.24) is 25.2 Å². The van der Waals surface area contributed by atoms with Gasteiger partial charge in [-0.1, -0.05) is 0 Å². The van der Waals surface area contributed by atoms with Crippen molar-refractivity contribution in [3.8, 4) is 0 Å². The summed E-state index contributed by atoms with van der Waals surface area (Å²) in [5.41, 5.74) is 1.55. The highest BCUT2D eigenvalue weighted by Crippen LogP contribution is 1.98. The summed E-state index contributed by atoms with van der Waals surface area (Å²) in [5, 5.41) is 5.40. The fraction of sp³-hybridized carbons (Fsp3) is 0.353. The second-order valence-electron chi connectivity index (χ2n) is 5.57. The molecule has 0 radical (unpaired) electrons. The van der Waals surface area contributed by atoms with Gasteiger partial charge >= 0.3 is 5.69 Å². The molecule has 8 heteroatoms. The van der Waals surface area contributed by atoms with E-state index in [-0.39, 0.29) is 30.5 Å². The molecule has 8 nitrogen and oxygen atoms in total. The highest BCUT2D eigenvalue weighted by Gasteiger charge is 2.07. The standard InChI is InChI=1S/C17H21N5O3/c1-12-10-13(2)22(17(25)21-12)9-5-15(23)19-7-8-20-16(24)14-4-3-6-18-11-14/h3-4,6,10-11H,5,7-9H2,1-2H3,(H,19,23)(H,20,24). The Kier molecular flexibility index (Phi) is 6.39. The largest absolute Gasteiger partial charge is 0.354 e. The molecule has 132 valence electrons. The third kappa shape index (κ3) is 5.52. The molecule has 25 heavy (non-hydrogen) atoms. The summed E-state index contributed by atoms with van der Waals surface area (Å²) >= 11 is 0. The number of pyridine rings is 1. The van der Waals surface area contributed by atoms with Gasteiger partial charge in [0.1, 0.15) is 0 Å². The zero-order valence-corrected chi connectivity index (χ0v) is 14.3. The van der Waals surface area contributed by atoms with Gasteiger partial charge in [0, 0.05) is 49.8 Å². The van der Waals surface area contributed by atoms with Crippen LogP contribution in [-0.2, 0) is 11.3 Å². The van der Waals surface area contributed by atoms with Crippen molar-refractivity contribution >= 4 is 11.8 Å². The molecule has 0 fully saturated rings. The van der Waals surface area contributed by atoms with Gasteiger partial charge in [-0.2, -0.15) is 4.98 Å². The van der Waals surface area contributed by atoms with Crippen LogP contribution < -0.4 is 16.3 Å². The second-order valence-corrected chi connectivity index (χ2v) is 5.57. The Morgan fingerprint density at radius 3 is 2.64 bits per heavy atom. The second kappa shape index (κ2) is 8.72. The summed E-state index contributed by atoms with van der Waals surface area (Å²) in [6.45, 7) is 4.45. The molecule has 2 N–H and O–H groups in total. The summed E-state index contributed by atoms with van der Waals surface area (Å²) in [6, 6.07) is 5.14. The average Bonchev–Trinajstić information content (AvgIpc) is 2.58. The smallest absolute Gasteiger partial charge is 0.347 e. The Bertz CT molecular complexity index is 802. The SMILES string of the molecule is Cc1cc(C)n(CCC(=O)NCCNC(=O)c2cccnc2)c(=O)n1.